The van der Waals surface area contributed by atoms with Crippen LogP contribution in [0.2, 0.25) is 0 Å². The SMILES string of the molecule is O=Cc1c(I)cc2ccc3cccc4ccc1c2c34. The summed E-state index contributed by atoms with van der Waals surface area (Å²) in [6.45, 7) is 0. The molecule has 0 saturated heterocycles. The van der Waals surface area contributed by atoms with Crippen molar-refractivity contribution in [3.05, 3.63) is 57.7 Å². The van der Waals surface area contributed by atoms with Gasteiger partial charge in [-0.25, -0.2) is 0 Å². The molecule has 1 nitrogen and oxygen atoms in total. The van der Waals surface area contributed by atoms with Crippen LogP contribution >= 0.6 is 22.6 Å². The molecule has 0 amide bonds. The zero-order chi connectivity index (χ0) is 13.0. The average Bonchev–Trinajstić information content (AvgIpc) is 2.44. The second-order valence-corrected chi connectivity index (χ2v) is 5.91. The third-order valence-corrected chi connectivity index (χ3v) is 4.65. The summed E-state index contributed by atoms with van der Waals surface area (Å²) in [5, 5.41) is 7.19. The monoisotopic (exact) mass is 356 g/mol. The summed E-state index contributed by atoms with van der Waals surface area (Å²) >= 11 is 2.24. The van der Waals surface area contributed by atoms with Crippen molar-refractivity contribution < 1.29 is 4.79 Å². The van der Waals surface area contributed by atoms with Gasteiger partial charge >= 0.3 is 0 Å². The van der Waals surface area contributed by atoms with E-state index in [0.29, 0.717) is 0 Å². The summed E-state index contributed by atoms with van der Waals surface area (Å²) in [6, 6.07) is 16.9. The van der Waals surface area contributed by atoms with Crippen LogP contribution in [0.5, 0.6) is 0 Å². The lowest BCUT2D eigenvalue weighted by atomic mass is 9.92. The summed E-state index contributed by atoms with van der Waals surface area (Å²) < 4.78 is 1.01. The molecule has 0 radical (unpaired) electrons. The average molecular weight is 356 g/mol. The Bertz CT molecular complexity index is 924. The van der Waals surface area contributed by atoms with Gasteiger partial charge in [0.25, 0.3) is 0 Å². The van der Waals surface area contributed by atoms with Crippen LogP contribution in [-0.4, -0.2) is 6.29 Å². The van der Waals surface area contributed by atoms with E-state index in [-0.39, 0.29) is 0 Å². The van der Waals surface area contributed by atoms with Crippen LogP contribution in [0.4, 0.5) is 0 Å². The van der Waals surface area contributed by atoms with Gasteiger partial charge in [0.05, 0.1) is 0 Å². The number of hydrogen-bond donors (Lipinski definition) is 0. The van der Waals surface area contributed by atoms with Gasteiger partial charge in [0.1, 0.15) is 0 Å². The number of carbonyl (C=O) groups is 1. The number of carbonyl (C=O) groups excluding carboxylic acids is 1. The Balaban J connectivity index is 2.43. The van der Waals surface area contributed by atoms with E-state index < -0.39 is 0 Å². The highest BCUT2D eigenvalue weighted by Crippen LogP contribution is 2.37. The molecule has 0 aliphatic heterocycles. The molecular formula is C17H9IO. The molecule has 0 aliphatic rings. The van der Waals surface area contributed by atoms with E-state index in [0.717, 1.165) is 20.8 Å². The fourth-order valence-electron chi connectivity index (χ4n) is 2.92. The number of rotatable bonds is 1. The van der Waals surface area contributed by atoms with Gasteiger partial charge < -0.3 is 0 Å². The molecule has 0 heterocycles. The van der Waals surface area contributed by atoms with Crippen LogP contribution in [0, 0.1) is 3.57 Å². The summed E-state index contributed by atoms with van der Waals surface area (Å²) in [5.41, 5.74) is 0.798. The minimum absolute atomic E-state index is 0.798. The first-order chi connectivity index (χ1) is 9.29. The number of benzene rings is 4. The second kappa shape index (κ2) is 3.90. The Morgan fingerprint density at radius 1 is 0.842 bits per heavy atom. The van der Waals surface area contributed by atoms with Gasteiger partial charge in [0, 0.05) is 9.13 Å². The Morgan fingerprint density at radius 2 is 1.53 bits per heavy atom. The minimum Gasteiger partial charge on any atom is -0.298 e. The van der Waals surface area contributed by atoms with Crippen molar-refractivity contribution in [1.82, 2.24) is 0 Å². The van der Waals surface area contributed by atoms with E-state index in [9.17, 15) is 4.79 Å². The molecule has 4 rings (SSSR count). The molecule has 4 aromatic rings. The first-order valence-electron chi connectivity index (χ1n) is 6.11. The molecule has 0 unspecified atom stereocenters. The van der Waals surface area contributed by atoms with Gasteiger partial charge in [0.2, 0.25) is 0 Å². The lowest BCUT2D eigenvalue weighted by molar-refractivity contribution is 0.112. The summed E-state index contributed by atoms with van der Waals surface area (Å²) in [6.07, 6.45) is 0.966. The first-order valence-corrected chi connectivity index (χ1v) is 7.18. The zero-order valence-corrected chi connectivity index (χ0v) is 12.1. The summed E-state index contributed by atoms with van der Waals surface area (Å²) in [4.78, 5) is 11.4. The van der Waals surface area contributed by atoms with E-state index >= 15 is 0 Å². The summed E-state index contributed by atoms with van der Waals surface area (Å²) in [7, 11) is 0. The van der Waals surface area contributed by atoms with Crippen LogP contribution in [0.3, 0.4) is 0 Å². The fourth-order valence-corrected chi connectivity index (χ4v) is 3.67. The van der Waals surface area contributed by atoms with Crippen LogP contribution in [0.25, 0.3) is 32.3 Å². The van der Waals surface area contributed by atoms with Crippen molar-refractivity contribution in [1.29, 1.82) is 0 Å². The fraction of sp³-hybridized carbons (Fsp3) is 0. The van der Waals surface area contributed by atoms with Crippen molar-refractivity contribution in [2.45, 2.75) is 0 Å². The van der Waals surface area contributed by atoms with Crippen LogP contribution in [-0.2, 0) is 0 Å². The normalized spacial score (nSPS) is 11.6. The van der Waals surface area contributed by atoms with Gasteiger partial charge in [-0.05, 0) is 61.0 Å². The van der Waals surface area contributed by atoms with Gasteiger partial charge in [-0.2, -0.15) is 0 Å². The minimum atomic E-state index is 0.798. The molecule has 90 valence electrons. The van der Waals surface area contributed by atoms with Crippen molar-refractivity contribution in [2.24, 2.45) is 0 Å². The molecule has 0 saturated carbocycles. The van der Waals surface area contributed by atoms with Crippen LogP contribution in [0.15, 0.2) is 48.5 Å². The number of hydrogen-bond acceptors (Lipinski definition) is 1. The molecule has 0 N–H and O–H groups in total. The van der Waals surface area contributed by atoms with Crippen molar-refractivity contribution in [2.75, 3.05) is 0 Å². The maximum absolute atomic E-state index is 11.4. The van der Waals surface area contributed by atoms with Gasteiger partial charge in [-0.1, -0.05) is 42.5 Å². The standard InChI is InChI=1S/C17H9IO/c18-15-8-12-5-4-10-2-1-3-11-6-7-13(14(15)9-19)17(12)16(10)11/h1-9H. The number of aldehydes is 1. The number of halogens is 1. The largest absolute Gasteiger partial charge is 0.298 e. The molecule has 0 bridgehead atoms. The molecule has 0 aromatic heterocycles. The van der Waals surface area contributed by atoms with Crippen molar-refractivity contribution in [3.8, 4) is 0 Å². The first kappa shape index (κ1) is 11.2. The Kier molecular flexibility index (Phi) is 2.30. The van der Waals surface area contributed by atoms with Gasteiger partial charge in [-0.15, -0.1) is 0 Å². The van der Waals surface area contributed by atoms with E-state index in [1.54, 1.807) is 0 Å². The Morgan fingerprint density at radius 3 is 2.26 bits per heavy atom. The molecule has 0 atom stereocenters. The smallest absolute Gasteiger partial charge is 0.151 e. The second-order valence-electron chi connectivity index (χ2n) is 4.75. The van der Waals surface area contributed by atoms with E-state index in [1.807, 2.05) is 0 Å². The highest BCUT2D eigenvalue weighted by atomic mass is 127. The Hall–Kier alpha value is -1.68. The quantitative estimate of drug-likeness (QED) is 0.266. The van der Waals surface area contributed by atoms with E-state index in [2.05, 4.69) is 71.1 Å². The highest BCUT2D eigenvalue weighted by molar-refractivity contribution is 14.1. The van der Waals surface area contributed by atoms with Crippen LogP contribution in [0.1, 0.15) is 10.4 Å². The lowest BCUT2D eigenvalue weighted by Crippen LogP contribution is -1.92. The van der Waals surface area contributed by atoms with Crippen molar-refractivity contribution >= 4 is 61.2 Å². The third-order valence-electron chi connectivity index (χ3n) is 3.76. The summed E-state index contributed by atoms with van der Waals surface area (Å²) in [5.74, 6) is 0. The van der Waals surface area contributed by atoms with Gasteiger partial charge in [0.15, 0.2) is 6.29 Å². The molecule has 4 aromatic carbocycles. The predicted octanol–water partition coefficient (Wildman–Crippen LogP) is 5.00. The topological polar surface area (TPSA) is 17.1 Å². The van der Waals surface area contributed by atoms with E-state index in [4.69, 9.17) is 0 Å². The molecule has 2 heteroatoms. The maximum Gasteiger partial charge on any atom is 0.151 e. The predicted molar refractivity (Wildman–Crippen MR) is 88.3 cm³/mol. The molecule has 0 aliphatic carbocycles. The maximum atomic E-state index is 11.4. The van der Waals surface area contributed by atoms with E-state index in [1.165, 1.54) is 26.9 Å². The van der Waals surface area contributed by atoms with Gasteiger partial charge in [-0.3, -0.25) is 4.79 Å². The zero-order valence-electron chi connectivity index (χ0n) is 9.98. The van der Waals surface area contributed by atoms with Crippen LogP contribution < -0.4 is 0 Å². The molecular weight excluding hydrogens is 347 g/mol. The molecule has 19 heavy (non-hydrogen) atoms. The Labute approximate surface area is 123 Å². The molecule has 0 fully saturated rings. The lowest BCUT2D eigenvalue weighted by Gasteiger charge is -2.12. The highest BCUT2D eigenvalue weighted by Gasteiger charge is 2.12. The van der Waals surface area contributed by atoms with Crippen molar-refractivity contribution in [3.63, 3.8) is 0 Å². The third kappa shape index (κ3) is 1.43. The molecule has 0 spiro atoms.